The number of aryl methyl sites for hydroxylation is 1. The van der Waals surface area contributed by atoms with Crippen LogP contribution in [0.25, 0.3) is 10.9 Å². The van der Waals surface area contributed by atoms with E-state index in [1.807, 2.05) is 25.1 Å². The van der Waals surface area contributed by atoms with E-state index in [-0.39, 0.29) is 5.78 Å². The van der Waals surface area contributed by atoms with Gasteiger partial charge in [0.25, 0.3) is 0 Å². The summed E-state index contributed by atoms with van der Waals surface area (Å²) in [7, 11) is 1.61. The summed E-state index contributed by atoms with van der Waals surface area (Å²) in [5.74, 6) is 0.702. The van der Waals surface area contributed by atoms with Gasteiger partial charge in [0.05, 0.1) is 7.11 Å². The van der Waals surface area contributed by atoms with E-state index in [0.29, 0.717) is 16.1 Å². The number of hydrogen-bond acceptors (Lipinski definition) is 2. The van der Waals surface area contributed by atoms with E-state index < -0.39 is 0 Å². The number of aromatic nitrogens is 1. The predicted molar refractivity (Wildman–Crippen MR) is 84.5 cm³/mol. The molecular formula is C17H14ClNO2. The van der Waals surface area contributed by atoms with Crippen LogP contribution in [0.5, 0.6) is 5.75 Å². The van der Waals surface area contributed by atoms with E-state index in [1.54, 1.807) is 31.5 Å². The molecule has 0 fully saturated rings. The fourth-order valence-corrected chi connectivity index (χ4v) is 2.67. The second kappa shape index (κ2) is 5.26. The zero-order chi connectivity index (χ0) is 15.0. The standard InChI is InChI=1S/C17H14ClNO2/c1-10-7-11(18)3-5-13(10)17(20)15-9-19-16-6-4-12(21-2)8-14(15)16/h3-9,19H,1-2H3. The van der Waals surface area contributed by atoms with Gasteiger partial charge in [-0.15, -0.1) is 0 Å². The first-order valence-electron chi connectivity index (χ1n) is 6.56. The lowest BCUT2D eigenvalue weighted by Gasteiger charge is -2.05. The number of carbonyl (C=O) groups excluding carboxylic acids is 1. The molecule has 0 aliphatic carbocycles. The maximum Gasteiger partial charge on any atom is 0.195 e. The van der Waals surface area contributed by atoms with Crippen LogP contribution in [0.4, 0.5) is 0 Å². The number of ether oxygens (including phenoxy) is 1. The first-order valence-corrected chi connectivity index (χ1v) is 6.94. The van der Waals surface area contributed by atoms with Crippen LogP contribution in [0.15, 0.2) is 42.6 Å². The molecule has 4 heteroatoms. The molecule has 0 amide bonds. The molecule has 0 saturated heterocycles. The van der Waals surface area contributed by atoms with Crippen LogP contribution >= 0.6 is 11.6 Å². The molecule has 1 N–H and O–H groups in total. The average Bonchev–Trinajstić information content (AvgIpc) is 2.89. The molecule has 0 aliphatic heterocycles. The van der Waals surface area contributed by atoms with Gasteiger partial charge in [-0.1, -0.05) is 11.6 Å². The molecule has 0 spiro atoms. The summed E-state index contributed by atoms with van der Waals surface area (Å²) < 4.78 is 5.23. The number of hydrogen-bond donors (Lipinski definition) is 1. The SMILES string of the molecule is COc1ccc2[nH]cc(C(=O)c3ccc(Cl)cc3C)c2c1. The van der Waals surface area contributed by atoms with E-state index in [2.05, 4.69) is 4.98 Å². The number of fused-ring (bicyclic) bond motifs is 1. The number of aromatic amines is 1. The highest BCUT2D eigenvalue weighted by molar-refractivity contribution is 6.31. The van der Waals surface area contributed by atoms with Gasteiger partial charge in [0.1, 0.15) is 5.75 Å². The van der Waals surface area contributed by atoms with Crippen LogP contribution in [0.1, 0.15) is 21.5 Å². The number of benzene rings is 2. The Morgan fingerprint density at radius 1 is 1.14 bits per heavy atom. The Morgan fingerprint density at radius 2 is 1.95 bits per heavy atom. The average molecular weight is 300 g/mol. The van der Waals surface area contributed by atoms with Crippen LogP contribution in [0, 0.1) is 6.92 Å². The number of methoxy groups -OCH3 is 1. The van der Waals surface area contributed by atoms with Crippen molar-refractivity contribution in [1.82, 2.24) is 4.98 Å². The Morgan fingerprint density at radius 3 is 2.67 bits per heavy atom. The number of H-pyrrole nitrogens is 1. The van der Waals surface area contributed by atoms with E-state index in [1.165, 1.54) is 0 Å². The molecule has 3 nitrogen and oxygen atoms in total. The van der Waals surface area contributed by atoms with E-state index in [0.717, 1.165) is 22.2 Å². The molecule has 0 unspecified atom stereocenters. The molecule has 21 heavy (non-hydrogen) atoms. The summed E-state index contributed by atoms with van der Waals surface area (Å²) in [6, 6.07) is 10.9. The first kappa shape index (κ1) is 13.7. The number of rotatable bonds is 3. The second-order valence-electron chi connectivity index (χ2n) is 4.90. The summed E-state index contributed by atoms with van der Waals surface area (Å²) in [5, 5.41) is 1.48. The molecular weight excluding hydrogens is 286 g/mol. The molecule has 0 aliphatic rings. The Hall–Kier alpha value is -2.26. The molecule has 1 heterocycles. The Labute approximate surface area is 127 Å². The summed E-state index contributed by atoms with van der Waals surface area (Å²) in [6.45, 7) is 1.88. The lowest BCUT2D eigenvalue weighted by Crippen LogP contribution is -2.02. The maximum absolute atomic E-state index is 12.7. The summed E-state index contributed by atoms with van der Waals surface area (Å²) >= 11 is 5.95. The van der Waals surface area contributed by atoms with Crippen molar-refractivity contribution in [2.75, 3.05) is 7.11 Å². The third kappa shape index (κ3) is 2.41. The van der Waals surface area contributed by atoms with Crippen molar-refractivity contribution < 1.29 is 9.53 Å². The quantitative estimate of drug-likeness (QED) is 0.730. The predicted octanol–water partition coefficient (Wildman–Crippen LogP) is 4.37. The topological polar surface area (TPSA) is 42.1 Å². The lowest BCUT2D eigenvalue weighted by atomic mass is 9.99. The first-order chi connectivity index (χ1) is 10.1. The normalized spacial score (nSPS) is 10.8. The molecule has 0 bridgehead atoms. The second-order valence-corrected chi connectivity index (χ2v) is 5.34. The van der Waals surface area contributed by atoms with Crippen molar-refractivity contribution in [3.8, 4) is 5.75 Å². The fourth-order valence-electron chi connectivity index (χ4n) is 2.44. The van der Waals surface area contributed by atoms with Gasteiger partial charge in [-0.25, -0.2) is 0 Å². The van der Waals surface area contributed by atoms with Crippen LogP contribution < -0.4 is 4.74 Å². The Balaban J connectivity index is 2.13. The maximum atomic E-state index is 12.7. The molecule has 0 saturated carbocycles. The highest BCUT2D eigenvalue weighted by Crippen LogP contribution is 2.27. The highest BCUT2D eigenvalue weighted by atomic mass is 35.5. The van der Waals surface area contributed by atoms with Crippen LogP contribution in [-0.4, -0.2) is 17.9 Å². The molecule has 106 valence electrons. The van der Waals surface area contributed by atoms with Crippen molar-refractivity contribution in [2.45, 2.75) is 6.92 Å². The molecule has 1 aromatic heterocycles. The molecule has 3 rings (SSSR count). The monoisotopic (exact) mass is 299 g/mol. The summed E-state index contributed by atoms with van der Waals surface area (Å²) in [6.07, 6.45) is 1.74. The number of carbonyl (C=O) groups is 1. The van der Waals surface area contributed by atoms with Gasteiger partial charge in [0, 0.05) is 33.2 Å². The van der Waals surface area contributed by atoms with Gasteiger partial charge in [-0.05, 0) is 48.9 Å². The van der Waals surface area contributed by atoms with Gasteiger partial charge >= 0.3 is 0 Å². The third-order valence-corrected chi connectivity index (χ3v) is 3.80. The highest BCUT2D eigenvalue weighted by Gasteiger charge is 2.16. The van der Waals surface area contributed by atoms with Crippen molar-refractivity contribution >= 4 is 28.3 Å². The van der Waals surface area contributed by atoms with Crippen molar-refractivity contribution in [2.24, 2.45) is 0 Å². The minimum absolute atomic E-state index is 0.0244. The Kier molecular flexibility index (Phi) is 3.43. The van der Waals surface area contributed by atoms with Gasteiger partial charge in [0.15, 0.2) is 5.78 Å². The van der Waals surface area contributed by atoms with E-state index in [9.17, 15) is 4.79 Å². The molecule has 0 atom stereocenters. The van der Waals surface area contributed by atoms with Gasteiger partial charge < -0.3 is 9.72 Å². The summed E-state index contributed by atoms with van der Waals surface area (Å²) in [5.41, 5.74) is 3.06. The Bertz CT molecular complexity index is 836. The minimum atomic E-state index is -0.0244. The van der Waals surface area contributed by atoms with Gasteiger partial charge in [-0.3, -0.25) is 4.79 Å². The van der Waals surface area contributed by atoms with Crippen LogP contribution in [-0.2, 0) is 0 Å². The zero-order valence-corrected chi connectivity index (χ0v) is 12.5. The van der Waals surface area contributed by atoms with Crippen LogP contribution in [0.2, 0.25) is 5.02 Å². The molecule has 0 radical (unpaired) electrons. The molecule has 2 aromatic carbocycles. The number of nitrogens with one attached hydrogen (secondary N) is 1. The fraction of sp³-hybridized carbons (Fsp3) is 0.118. The summed E-state index contributed by atoms with van der Waals surface area (Å²) in [4.78, 5) is 15.9. The minimum Gasteiger partial charge on any atom is -0.497 e. The smallest absolute Gasteiger partial charge is 0.195 e. The number of ketones is 1. The third-order valence-electron chi connectivity index (χ3n) is 3.57. The van der Waals surface area contributed by atoms with Gasteiger partial charge in [-0.2, -0.15) is 0 Å². The molecule has 3 aromatic rings. The van der Waals surface area contributed by atoms with E-state index in [4.69, 9.17) is 16.3 Å². The van der Waals surface area contributed by atoms with Crippen molar-refractivity contribution in [1.29, 1.82) is 0 Å². The number of halogens is 1. The van der Waals surface area contributed by atoms with Crippen molar-refractivity contribution in [3.05, 3.63) is 64.3 Å². The van der Waals surface area contributed by atoms with Gasteiger partial charge in [0.2, 0.25) is 0 Å². The zero-order valence-electron chi connectivity index (χ0n) is 11.7. The van der Waals surface area contributed by atoms with Crippen molar-refractivity contribution in [3.63, 3.8) is 0 Å². The van der Waals surface area contributed by atoms with Crippen LogP contribution in [0.3, 0.4) is 0 Å². The van der Waals surface area contributed by atoms with E-state index >= 15 is 0 Å². The largest absolute Gasteiger partial charge is 0.497 e. The lowest BCUT2D eigenvalue weighted by molar-refractivity contribution is 0.104.